The van der Waals surface area contributed by atoms with Gasteiger partial charge in [0.15, 0.2) is 0 Å². The lowest BCUT2D eigenvalue weighted by Crippen LogP contribution is -2.38. The van der Waals surface area contributed by atoms with E-state index in [1.165, 1.54) is 6.42 Å². The van der Waals surface area contributed by atoms with Gasteiger partial charge in [-0.3, -0.25) is 0 Å². The molecule has 0 amide bonds. The maximum absolute atomic E-state index is 2.39. The molecule has 0 aromatic heterocycles. The van der Waals surface area contributed by atoms with Gasteiger partial charge in [0, 0.05) is 0 Å². The summed E-state index contributed by atoms with van der Waals surface area (Å²) < 4.78 is 0. The standard InChI is InChI=1S/C12H22/c1-10(2)7-8-11(3,4)12(5,6)9-10/h7-8H,9H2,1-6H3. The summed E-state index contributed by atoms with van der Waals surface area (Å²) in [5.74, 6) is 0. The number of hydrogen-bond donors (Lipinski definition) is 0. The molecule has 0 aromatic rings. The van der Waals surface area contributed by atoms with Gasteiger partial charge in [-0.05, 0) is 22.7 Å². The lowest BCUT2D eigenvalue weighted by molar-refractivity contribution is 0.0907. The Hall–Kier alpha value is -0.260. The Morgan fingerprint density at radius 2 is 1.33 bits per heavy atom. The van der Waals surface area contributed by atoms with Gasteiger partial charge >= 0.3 is 0 Å². The number of allylic oxidation sites excluding steroid dienone is 2. The minimum atomic E-state index is 0.350. The van der Waals surface area contributed by atoms with E-state index in [4.69, 9.17) is 0 Å². The van der Waals surface area contributed by atoms with Crippen molar-refractivity contribution in [2.24, 2.45) is 16.2 Å². The molecule has 0 radical (unpaired) electrons. The Kier molecular flexibility index (Phi) is 1.94. The van der Waals surface area contributed by atoms with Crippen molar-refractivity contribution in [3.8, 4) is 0 Å². The smallest absolute Gasteiger partial charge is 0.0123 e. The quantitative estimate of drug-likeness (QED) is 0.477. The number of rotatable bonds is 0. The Morgan fingerprint density at radius 1 is 0.833 bits per heavy atom. The van der Waals surface area contributed by atoms with Crippen molar-refractivity contribution in [2.75, 3.05) is 0 Å². The Balaban J connectivity index is 3.01. The van der Waals surface area contributed by atoms with E-state index in [9.17, 15) is 0 Å². The van der Waals surface area contributed by atoms with Crippen LogP contribution in [-0.2, 0) is 0 Å². The third-order valence-corrected chi connectivity index (χ3v) is 3.59. The molecule has 0 aromatic carbocycles. The highest BCUT2D eigenvalue weighted by Gasteiger charge is 2.41. The van der Waals surface area contributed by atoms with Crippen LogP contribution < -0.4 is 0 Å². The Labute approximate surface area is 77.1 Å². The number of hydrogen-bond acceptors (Lipinski definition) is 0. The first-order chi connectivity index (χ1) is 5.16. The maximum Gasteiger partial charge on any atom is -0.0123 e. The molecule has 12 heavy (non-hydrogen) atoms. The van der Waals surface area contributed by atoms with Crippen LogP contribution in [0.15, 0.2) is 12.2 Å². The van der Waals surface area contributed by atoms with Gasteiger partial charge in [0.05, 0.1) is 0 Å². The topological polar surface area (TPSA) is 0 Å². The van der Waals surface area contributed by atoms with Gasteiger partial charge in [-0.25, -0.2) is 0 Å². The van der Waals surface area contributed by atoms with Crippen LogP contribution >= 0.6 is 0 Å². The van der Waals surface area contributed by atoms with Crippen LogP contribution in [0, 0.1) is 16.2 Å². The summed E-state index contributed by atoms with van der Waals surface area (Å²) in [6, 6.07) is 0. The minimum Gasteiger partial charge on any atom is -0.0823 e. The van der Waals surface area contributed by atoms with Gasteiger partial charge in [0.1, 0.15) is 0 Å². The van der Waals surface area contributed by atoms with E-state index in [1.54, 1.807) is 0 Å². The highest BCUT2D eigenvalue weighted by Crippen LogP contribution is 2.51. The molecule has 70 valence electrons. The fourth-order valence-corrected chi connectivity index (χ4v) is 2.09. The molecule has 1 aliphatic rings. The zero-order valence-electron chi connectivity index (χ0n) is 9.36. The van der Waals surface area contributed by atoms with Crippen molar-refractivity contribution < 1.29 is 0 Å². The normalized spacial score (nSPS) is 30.2. The SMILES string of the molecule is CC1(C)C=CC(C)(C)C(C)(C)C1. The highest BCUT2D eigenvalue weighted by molar-refractivity contribution is 5.13. The van der Waals surface area contributed by atoms with Crippen LogP contribution in [0.3, 0.4) is 0 Å². The molecule has 0 heteroatoms. The van der Waals surface area contributed by atoms with Gasteiger partial charge in [0.25, 0.3) is 0 Å². The second kappa shape index (κ2) is 2.37. The molecule has 0 aliphatic heterocycles. The second-order valence-corrected chi connectivity index (χ2v) is 6.10. The predicted molar refractivity (Wildman–Crippen MR) is 55.1 cm³/mol. The monoisotopic (exact) mass is 166 g/mol. The summed E-state index contributed by atoms with van der Waals surface area (Å²) in [7, 11) is 0. The molecule has 0 N–H and O–H groups in total. The summed E-state index contributed by atoms with van der Waals surface area (Å²) in [4.78, 5) is 0. The van der Waals surface area contributed by atoms with E-state index in [1.807, 2.05) is 0 Å². The first kappa shape index (κ1) is 9.83. The van der Waals surface area contributed by atoms with Crippen LogP contribution in [0.5, 0.6) is 0 Å². The summed E-state index contributed by atoms with van der Waals surface area (Å²) in [5, 5.41) is 0. The molecule has 0 atom stereocenters. The summed E-state index contributed by atoms with van der Waals surface area (Å²) >= 11 is 0. The Morgan fingerprint density at radius 3 is 1.67 bits per heavy atom. The van der Waals surface area contributed by atoms with Crippen LogP contribution in [-0.4, -0.2) is 0 Å². The van der Waals surface area contributed by atoms with Crippen molar-refractivity contribution in [1.29, 1.82) is 0 Å². The first-order valence-electron chi connectivity index (χ1n) is 4.87. The van der Waals surface area contributed by atoms with Gasteiger partial charge in [-0.1, -0.05) is 53.7 Å². The molecule has 0 nitrogen and oxygen atoms in total. The third kappa shape index (κ3) is 1.57. The van der Waals surface area contributed by atoms with E-state index < -0.39 is 0 Å². The largest absolute Gasteiger partial charge is 0.0823 e. The van der Waals surface area contributed by atoms with Gasteiger partial charge < -0.3 is 0 Å². The van der Waals surface area contributed by atoms with E-state index in [2.05, 4.69) is 53.7 Å². The van der Waals surface area contributed by atoms with Crippen molar-refractivity contribution >= 4 is 0 Å². The molecule has 0 unspecified atom stereocenters. The molecule has 1 aliphatic carbocycles. The molecule has 0 fully saturated rings. The zero-order valence-corrected chi connectivity index (χ0v) is 9.36. The first-order valence-corrected chi connectivity index (χ1v) is 4.87. The molecular weight excluding hydrogens is 144 g/mol. The highest BCUT2D eigenvalue weighted by atomic mass is 14.5. The van der Waals surface area contributed by atoms with Crippen molar-refractivity contribution in [2.45, 2.75) is 48.0 Å². The van der Waals surface area contributed by atoms with Gasteiger partial charge in [-0.15, -0.1) is 0 Å². The van der Waals surface area contributed by atoms with Gasteiger partial charge in [-0.2, -0.15) is 0 Å². The fraction of sp³-hybridized carbons (Fsp3) is 0.833. The molecule has 0 spiro atoms. The second-order valence-electron chi connectivity index (χ2n) is 6.10. The molecule has 0 saturated carbocycles. The van der Waals surface area contributed by atoms with E-state index in [0.717, 1.165) is 0 Å². The fourth-order valence-electron chi connectivity index (χ4n) is 2.09. The average Bonchev–Trinajstić information content (AvgIpc) is 1.79. The molecule has 1 rings (SSSR count). The maximum atomic E-state index is 2.39. The van der Waals surface area contributed by atoms with Crippen LogP contribution in [0.4, 0.5) is 0 Å². The minimum absolute atomic E-state index is 0.350. The lowest BCUT2D eigenvalue weighted by Gasteiger charge is -2.48. The van der Waals surface area contributed by atoms with Crippen LogP contribution in [0.1, 0.15) is 48.0 Å². The predicted octanol–water partition coefficient (Wildman–Crippen LogP) is 4.02. The van der Waals surface area contributed by atoms with Crippen molar-refractivity contribution in [3.05, 3.63) is 12.2 Å². The van der Waals surface area contributed by atoms with Crippen molar-refractivity contribution in [3.63, 3.8) is 0 Å². The summed E-state index contributed by atoms with van der Waals surface area (Å²) in [6.07, 6.45) is 6.04. The average molecular weight is 166 g/mol. The lowest BCUT2D eigenvalue weighted by atomic mass is 9.57. The van der Waals surface area contributed by atoms with Gasteiger partial charge in [0.2, 0.25) is 0 Å². The molecular formula is C12H22. The van der Waals surface area contributed by atoms with Crippen LogP contribution in [0.2, 0.25) is 0 Å². The molecule has 0 heterocycles. The molecule has 0 saturated heterocycles. The summed E-state index contributed by atoms with van der Waals surface area (Å²) in [6.45, 7) is 14.1. The van der Waals surface area contributed by atoms with E-state index in [-0.39, 0.29) is 0 Å². The van der Waals surface area contributed by atoms with Crippen LogP contribution in [0.25, 0.3) is 0 Å². The zero-order chi connectivity index (χ0) is 9.62. The molecule has 0 bridgehead atoms. The Bertz CT molecular complexity index is 204. The van der Waals surface area contributed by atoms with E-state index >= 15 is 0 Å². The third-order valence-electron chi connectivity index (χ3n) is 3.59. The van der Waals surface area contributed by atoms with E-state index in [0.29, 0.717) is 16.2 Å². The van der Waals surface area contributed by atoms with Crippen molar-refractivity contribution in [1.82, 2.24) is 0 Å². The summed E-state index contributed by atoms with van der Waals surface area (Å²) in [5.41, 5.74) is 1.16.